The van der Waals surface area contributed by atoms with Crippen molar-refractivity contribution in [1.82, 2.24) is 4.90 Å². The van der Waals surface area contributed by atoms with Gasteiger partial charge in [0.05, 0.1) is 0 Å². The van der Waals surface area contributed by atoms with Crippen molar-refractivity contribution < 1.29 is 0 Å². The molecule has 5 rings (SSSR count). The summed E-state index contributed by atoms with van der Waals surface area (Å²) in [5.74, 6) is 7.97. The molecule has 0 radical (unpaired) electrons. The zero-order chi connectivity index (χ0) is 24.6. The molecule has 9 unspecified atom stereocenters. The smallest absolute Gasteiger partial charge is 0.00386 e. The number of nitrogens with zero attached hydrogens (tertiary/aromatic N) is 1. The van der Waals surface area contributed by atoms with Crippen LogP contribution >= 0.6 is 0 Å². The fraction of sp³-hybridized carbons (Fsp3) is 1.00. The molecule has 0 aromatic heterocycles. The van der Waals surface area contributed by atoms with Crippen molar-refractivity contribution in [3.8, 4) is 0 Å². The summed E-state index contributed by atoms with van der Waals surface area (Å²) in [6, 6.07) is 0.786. The molecule has 194 valence electrons. The molecule has 0 amide bonds. The van der Waals surface area contributed by atoms with Crippen LogP contribution in [-0.2, 0) is 0 Å². The number of likely N-dealkylation sites (tertiary alicyclic amines) is 1. The highest BCUT2D eigenvalue weighted by molar-refractivity contribution is 5.11. The van der Waals surface area contributed by atoms with Crippen molar-refractivity contribution in [2.45, 2.75) is 133 Å². The Morgan fingerprint density at radius 3 is 1.97 bits per heavy atom. The Hall–Kier alpha value is -0.0400. The second kappa shape index (κ2) is 10.9. The van der Waals surface area contributed by atoms with E-state index in [1.807, 2.05) is 13.8 Å². The summed E-state index contributed by atoms with van der Waals surface area (Å²) in [4.78, 5) is 2.47. The molecule has 33 heavy (non-hydrogen) atoms. The fourth-order valence-corrected chi connectivity index (χ4v) is 9.79. The molecule has 9 atom stereocenters. The molecule has 1 saturated heterocycles. The molecule has 5 aliphatic rings. The van der Waals surface area contributed by atoms with Crippen LogP contribution in [0.15, 0.2) is 0 Å². The largest absolute Gasteiger partial charge is 0.301 e. The van der Waals surface area contributed by atoms with E-state index in [1.165, 1.54) is 45.2 Å². The summed E-state index contributed by atoms with van der Waals surface area (Å²) < 4.78 is 0. The van der Waals surface area contributed by atoms with Gasteiger partial charge in [-0.1, -0.05) is 61.8 Å². The van der Waals surface area contributed by atoms with Gasteiger partial charge in [0, 0.05) is 6.04 Å². The predicted octanol–water partition coefficient (Wildman–Crippen LogP) is 9.31. The van der Waals surface area contributed by atoms with E-state index in [4.69, 9.17) is 0 Å². The minimum Gasteiger partial charge on any atom is -0.301 e. The fourth-order valence-electron chi connectivity index (χ4n) is 9.79. The molecule has 1 nitrogen and oxygen atoms in total. The standard InChI is InChI=1S/C24H42.C6H13N.C2H6/c1-15(2)20-9-10-21-19-8-7-18-13-16(3)11-12-23(18,5)22(19)14-17(4)24(20,21)6;1-6(2)7-4-3-5-7;1-2/h15-22H,7-14H2,1-6H3;6H,3-5H2,1-2H3;1-2H3. The lowest BCUT2D eigenvalue weighted by Crippen LogP contribution is -2.56. The highest BCUT2D eigenvalue weighted by Gasteiger charge is 2.62. The zero-order valence-corrected chi connectivity index (χ0v) is 24.4. The number of rotatable bonds is 2. The molecule has 1 heterocycles. The van der Waals surface area contributed by atoms with E-state index in [0.717, 1.165) is 53.4 Å². The zero-order valence-electron chi connectivity index (χ0n) is 24.4. The molecule has 1 heteroatoms. The third-order valence-electron chi connectivity index (χ3n) is 12.0. The minimum atomic E-state index is 0.639. The van der Waals surface area contributed by atoms with Crippen LogP contribution < -0.4 is 0 Å². The van der Waals surface area contributed by atoms with Gasteiger partial charge < -0.3 is 4.90 Å². The lowest BCUT2D eigenvalue weighted by molar-refractivity contribution is -0.142. The number of fused-ring (bicyclic) bond motifs is 5. The molecule has 0 N–H and O–H groups in total. The molecule has 0 spiro atoms. The minimum absolute atomic E-state index is 0.639. The van der Waals surface area contributed by atoms with Gasteiger partial charge in [-0.3, -0.25) is 0 Å². The monoisotopic (exact) mass is 459 g/mol. The molecule has 1 aliphatic heterocycles. The maximum absolute atomic E-state index is 2.73. The summed E-state index contributed by atoms with van der Waals surface area (Å²) in [6.45, 7) is 26.8. The van der Waals surface area contributed by atoms with E-state index in [9.17, 15) is 0 Å². The Bertz CT molecular complexity index is 606. The third kappa shape index (κ3) is 4.97. The van der Waals surface area contributed by atoms with E-state index >= 15 is 0 Å². The van der Waals surface area contributed by atoms with Gasteiger partial charge in [0.2, 0.25) is 0 Å². The molecule has 5 fully saturated rings. The van der Waals surface area contributed by atoms with Gasteiger partial charge in [0.15, 0.2) is 0 Å². The average Bonchev–Trinajstić information content (AvgIpc) is 3.09. The van der Waals surface area contributed by atoms with Crippen molar-refractivity contribution >= 4 is 0 Å². The summed E-state index contributed by atoms with van der Waals surface area (Å²) in [6.07, 6.45) is 13.7. The summed E-state index contributed by atoms with van der Waals surface area (Å²) >= 11 is 0. The Kier molecular flexibility index (Phi) is 9.12. The molecular weight excluding hydrogens is 398 g/mol. The van der Waals surface area contributed by atoms with Gasteiger partial charge in [-0.05, 0) is 136 Å². The van der Waals surface area contributed by atoms with Crippen LogP contribution in [0.4, 0.5) is 0 Å². The second-order valence-corrected chi connectivity index (χ2v) is 14.0. The van der Waals surface area contributed by atoms with Crippen molar-refractivity contribution in [3.63, 3.8) is 0 Å². The Morgan fingerprint density at radius 1 is 0.788 bits per heavy atom. The third-order valence-corrected chi connectivity index (χ3v) is 12.0. The molecular formula is C32H61N. The first kappa shape index (κ1) is 27.5. The first-order valence-electron chi connectivity index (χ1n) is 15.3. The predicted molar refractivity (Wildman–Crippen MR) is 146 cm³/mol. The van der Waals surface area contributed by atoms with Gasteiger partial charge in [-0.25, -0.2) is 0 Å². The van der Waals surface area contributed by atoms with Crippen LogP contribution in [0.2, 0.25) is 0 Å². The van der Waals surface area contributed by atoms with E-state index in [-0.39, 0.29) is 0 Å². The first-order valence-corrected chi connectivity index (χ1v) is 15.3. The quantitative estimate of drug-likeness (QED) is 0.397. The molecule has 0 aromatic rings. The van der Waals surface area contributed by atoms with Crippen molar-refractivity contribution in [2.75, 3.05) is 13.1 Å². The lowest BCUT2D eigenvalue weighted by Gasteiger charge is -2.63. The summed E-state index contributed by atoms with van der Waals surface area (Å²) in [5, 5.41) is 0. The van der Waals surface area contributed by atoms with Crippen LogP contribution in [0.3, 0.4) is 0 Å². The summed E-state index contributed by atoms with van der Waals surface area (Å²) in [7, 11) is 0. The molecule has 4 aliphatic carbocycles. The first-order chi connectivity index (χ1) is 15.6. The van der Waals surface area contributed by atoms with Crippen molar-refractivity contribution in [3.05, 3.63) is 0 Å². The Labute approximate surface area is 209 Å². The SMILES string of the molecule is CC.CC(C)N1CCC1.CC1CCC2(C)C(CCC3C2CC(C)C2(C)C(C(C)C)CCC32)C1. The second-order valence-electron chi connectivity index (χ2n) is 14.0. The van der Waals surface area contributed by atoms with Gasteiger partial charge in [0.1, 0.15) is 0 Å². The number of hydrogen-bond acceptors (Lipinski definition) is 1. The van der Waals surface area contributed by atoms with Crippen LogP contribution in [0.1, 0.15) is 127 Å². The molecule has 4 saturated carbocycles. The maximum Gasteiger partial charge on any atom is 0.00386 e. The van der Waals surface area contributed by atoms with Gasteiger partial charge in [-0.2, -0.15) is 0 Å². The van der Waals surface area contributed by atoms with E-state index < -0.39 is 0 Å². The van der Waals surface area contributed by atoms with Crippen molar-refractivity contribution in [2.24, 2.45) is 58.2 Å². The van der Waals surface area contributed by atoms with Crippen LogP contribution in [0.25, 0.3) is 0 Å². The topological polar surface area (TPSA) is 3.24 Å². The maximum atomic E-state index is 2.73. The van der Waals surface area contributed by atoms with Crippen LogP contribution in [-0.4, -0.2) is 24.0 Å². The number of hydrogen-bond donors (Lipinski definition) is 0. The van der Waals surface area contributed by atoms with Gasteiger partial charge in [0.25, 0.3) is 0 Å². The average molecular weight is 460 g/mol. The molecule has 0 bridgehead atoms. The Morgan fingerprint density at radius 2 is 1.45 bits per heavy atom. The van der Waals surface area contributed by atoms with E-state index in [1.54, 1.807) is 25.7 Å². The van der Waals surface area contributed by atoms with Gasteiger partial charge >= 0.3 is 0 Å². The highest BCUT2D eigenvalue weighted by atomic mass is 15.2. The van der Waals surface area contributed by atoms with Gasteiger partial charge in [-0.15, -0.1) is 0 Å². The van der Waals surface area contributed by atoms with E-state index in [2.05, 4.69) is 60.3 Å². The van der Waals surface area contributed by atoms with Crippen molar-refractivity contribution in [1.29, 1.82) is 0 Å². The van der Waals surface area contributed by atoms with E-state index in [0.29, 0.717) is 10.8 Å². The van der Waals surface area contributed by atoms with Crippen LogP contribution in [0.5, 0.6) is 0 Å². The van der Waals surface area contributed by atoms with Crippen LogP contribution in [0, 0.1) is 58.2 Å². The normalized spacial score (nSPS) is 46.7. The lowest BCUT2D eigenvalue weighted by atomic mass is 9.42. The highest BCUT2D eigenvalue weighted by Crippen LogP contribution is 2.69. The Balaban J connectivity index is 0.000000289. The molecule has 0 aromatic carbocycles. The summed E-state index contributed by atoms with van der Waals surface area (Å²) in [5.41, 5.74) is 1.32.